The molecule has 1 aromatic heterocycles. The van der Waals surface area contributed by atoms with Gasteiger partial charge in [-0.15, -0.1) is 11.3 Å². The van der Waals surface area contributed by atoms with Crippen LogP contribution >= 0.6 is 27.3 Å². The molecular weight excluding hydrogens is 448 g/mol. The molecule has 0 amide bonds. The van der Waals surface area contributed by atoms with Crippen LogP contribution in [-0.4, -0.2) is 0 Å². The highest BCUT2D eigenvalue weighted by molar-refractivity contribution is 9.11. The first-order chi connectivity index (χ1) is 14.8. The molecule has 0 radical (unpaired) electrons. The second-order valence-corrected chi connectivity index (χ2v) is 11.4. The largest absolute Gasteiger partial charge is 0.132 e. The van der Waals surface area contributed by atoms with E-state index in [1.807, 2.05) is 11.3 Å². The van der Waals surface area contributed by atoms with Gasteiger partial charge in [-0.1, -0.05) is 101 Å². The number of unbranched alkanes of at least 4 members (excludes halogenated alkanes) is 9. The number of aryl methyl sites for hydroxylation is 1. The van der Waals surface area contributed by atoms with Gasteiger partial charge in [0.2, 0.25) is 0 Å². The van der Waals surface area contributed by atoms with E-state index in [2.05, 4.69) is 65.3 Å². The molecule has 0 nitrogen and oxygen atoms in total. The van der Waals surface area contributed by atoms with Gasteiger partial charge in [-0.05, 0) is 68.7 Å². The summed E-state index contributed by atoms with van der Waals surface area (Å²) in [7, 11) is 0. The van der Waals surface area contributed by atoms with E-state index < -0.39 is 0 Å². The number of hydrogen-bond donors (Lipinski definition) is 0. The smallest absolute Gasteiger partial charge is 0.0733 e. The van der Waals surface area contributed by atoms with E-state index in [9.17, 15) is 0 Å². The summed E-state index contributed by atoms with van der Waals surface area (Å²) in [6, 6.07) is 16.1. The van der Waals surface area contributed by atoms with Crippen molar-refractivity contribution in [3.05, 3.63) is 67.8 Å². The second kappa shape index (κ2) is 11.0. The highest BCUT2D eigenvalue weighted by Crippen LogP contribution is 2.45. The summed E-state index contributed by atoms with van der Waals surface area (Å²) in [6.45, 7) is 2.29. The van der Waals surface area contributed by atoms with E-state index >= 15 is 0 Å². The van der Waals surface area contributed by atoms with Crippen LogP contribution in [0.2, 0.25) is 0 Å². The number of halogens is 1. The van der Waals surface area contributed by atoms with Crippen LogP contribution in [0.4, 0.5) is 0 Å². The summed E-state index contributed by atoms with van der Waals surface area (Å²) in [5.74, 6) is 0.536. The number of thiophene rings is 1. The van der Waals surface area contributed by atoms with Crippen molar-refractivity contribution in [1.82, 2.24) is 0 Å². The molecule has 2 heteroatoms. The molecule has 4 rings (SSSR count). The van der Waals surface area contributed by atoms with E-state index in [4.69, 9.17) is 0 Å². The van der Waals surface area contributed by atoms with Crippen LogP contribution in [0.3, 0.4) is 0 Å². The van der Waals surface area contributed by atoms with Gasteiger partial charge in [-0.25, -0.2) is 0 Å². The van der Waals surface area contributed by atoms with Crippen molar-refractivity contribution < 1.29 is 0 Å². The molecule has 1 heterocycles. The Kier molecular flexibility index (Phi) is 8.07. The number of benzene rings is 2. The van der Waals surface area contributed by atoms with Crippen LogP contribution in [0.1, 0.15) is 98.6 Å². The van der Waals surface area contributed by atoms with E-state index in [0.29, 0.717) is 5.92 Å². The minimum Gasteiger partial charge on any atom is -0.132 e. The van der Waals surface area contributed by atoms with Gasteiger partial charge >= 0.3 is 0 Å². The van der Waals surface area contributed by atoms with Crippen molar-refractivity contribution in [3.8, 4) is 0 Å². The van der Waals surface area contributed by atoms with E-state index in [1.165, 1.54) is 107 Å². The van der Waals surface area contributed by atoms with Crippen LogP contribution in [-0.2, 0) is 12.8 Å². The van der Waals surface area contributed by atoms with Crippen LogP contribution in [0.25, 0.3) is 10.8 Å². The molecular formula is C28H35BrS. The van der Waals surface area contributed by atoms with Crippen LogP contribution in [0.15, 0.2) is 46.3 Å². The van der Waals surface area contributed by atoms with E-state index in [-0.39, 0.29) is 0 Å². The Bertz CT molecular complexity index is 949. The molecule has 0 spiro atoms. The van der Waals surface area contributed by atoms with Gasteiger partial charge < -0.3 is 0 Å². The molecule has 3 aromatic rings. The first kappa shape index (κ1) is 22.1. The third-order valence-corrected chi connectivity index (χ3v) is 8.82. The summed E-state index contributed by atoms with van der Waals surface area (Å²) in [5, 5.41) is 2.90. The van der Waals surface area contributed by atoms with Crippen molar-refractivity contribution >= 4 is 38.0 Å². The summed E-state index contributed by atoms with van der Waals surface area (Å²) in [5.41, 5.74) is 4.58. The monoisotopic (exact) mass is 482 g/mol. The highest BCUT2D eigenvalue weighted by Gasteiger charge is 2.27. The summed E-state index contributed by atoms with van der Waals surface area (Å²) in [6.07, 6.45) is 16.4. The molecule has 0 saturated carbocycles. The van der Waals surface area contributed by atoms with Crippen LogP contribution in [0, 0.1) is 0 Å². The predicted molar refractivity (Wildman–Crippen MR) is 137 cm³/mol. The van der Waals surface area contributed by atoms with Gasteiger partial charge in [0.15, 0.2) is 0 Å². The second-order valence-electron chi connectivity index (χ2n) is 9.00. The van der Waals surface area contributed by atoms with Crippen LogP contribution in [0.5, 0.6) is 0 Å². The first-order valence-electron chi connectivity index (χ1n) is 12.1. The van der Waals surface area contributed by atoms with Crippen molar-refractivity contribution in [3.63, 3.8) is 0 Å². The molecule has 0 bridgehead atoms. The summed E-state index contributed by atoms with van der Waals surface area (Å²) >= 11 is 5.84. The van der Waals surface area contributed by atoms with Gasteiger partial charge in [-0.3, -0.25) is 0 Å². The molecule has 2 aromatic carbocycles. The molecule has 1 unspecified atom stereocenters. The SMILES string of the molecule is CCCCCCCCCCCCc1cc(C2Cc3cccc4cccc2c34)sc1Br. The highest BCUT2D eigenvalue weighted by atomic mass is 79.9. The number of hydrogen-bond acceptors (Lipinski definition) is 1. The fourth-order valence-electron chi connectivity index (χ4n) is 5.07. The standard InChI is InChI=1S/C28H35BrS/c1-2-3-4-5-6-7-8-9-10-11-14-23-20-26(30-28(23)29)25-19-22-17-12-15-21-16-13-18-24(25)27(21)22/h12-13,15-18,20,25H,2-11,14,19H2,1H3. The van der Waals surface area contributed by atoms with Gasteiger partial charge in [0.25, 0.3) is 0 Å². The molecule has 0 saturated heterocycles. The quantitative estimate of drug-likeness (QED) is 0.225. The Morgan fingerprint density at radius 3 is 2.27 bits per heavy atom. The van der Waals surface area contributed by atoms with Crippen molar-refractivity contribution in [2.24, 2.45) is 0 Å². The average Bonchev–Trinajstić information content (AvgIpc) is 3.32. The van der Waals surface area contributed by atoms with E-state index in [1.54, 1.807) is 0 Å². The zero-order valence-corrected chi connectivity index (χ0v) is 20.8. The normalized spacial score (nSPS) is 15.3. The Labute approximate surface area is 195 Å². The van der Waals surface area contributed by atoms with E-state index in [0.717, 1.165) is 6.42 Å². The maximum Gasteiger partial charge on any atom is 0.0733 e. The lowest BCUT2D eigenvalue weighted by Gasteiger charge is -2.09. The third-order valence-electron chi connectivity index (χ3n) is 6.74. The Morgan fingerprint density at radius 2 is 1.53 bits per heavy atom. The van der Waals surface area contributed by atoms with Crippen molar-refractivity contribution in [2.75, 3.05) is 0 Å². The van der Waals surface area contributed by atoms with Gasteiger partial charge in [0.1, 0.15) is 0 Å². The maximum atomic E-state index is 3.88. The molecule has 0 fully saturated rings. The van der Waals surface area contributed by atoms with Gasteiger partial charge in [0, 0.05) is 10.8 Å². The topological polar surface area (TPSA) is 0 Å². The fourth-order valence-corrected chi connectivity index (χ4v) is 6.99. The molecule has 1 aliphatic carbocycles. The molecule has 1 atom stereocenters. The molecule has 160 valence electrons. The lowest BCUT2D eigenvalue weighted by molar-refractivity contribution is 0.556. The summed E-state index contributed by atoms with van der Waals surface area (Å²) < 4.78 is 1.36. The maximum absolute atomic E-state index is 3.88. The molecule has 0 N–H and O–H groups in total. The minimum atomic E-state index is 0.536. The number of rotatable bonds is 12. The molecule has 0 aliphatic heterocycles. The first-order valence-corrected chi connectivity index (χ1v) is 13.7. The lowest BCUT2D eigenvalue weighted by Crippen LogP contribution is -1.95. The lowest BCUT2D eigenvalue weighted by atomic mass is 9.97. The van der Waals surface area contributed by atoms with Gasteiger partial charge in [0.05, 0.1) is 3.79 Å². The van der Waals surface area contributed by atoms with Crippen LogP contribution < -0.4 is 0 Å². The van der Waals surface area contributed by atoms with Crippen molar-refractivity contribution in [1.29, 1.82) is 0 Å². The average molecular weight is 484 g/mol. The zero-order valence-electron chi connectivity index (χ0n) is 18.4. The zero-order chi connectivity index (χ0) is 20.8. The minimum absolute atomic E-state index is 0.536. The Balaban J connectivity index is 1.26. The summed E-state index contributed by atoms with van der Waals surface area (Å²) in [4.78, 5) is 1.53. The van der Waals surface area contributed by atoms with Crippen molar-refractivity contribution in [2.45, 2.75) is 89.9 Å². The third kappa shape index (κ3) is 5.19. The Morgan fingerprint density at radius 1 is 0.867 bits per heavy atom. The predicted octanol–water partition coefficient (Wildman–Crippen LogP) is 9.82. The molecule has 30 heavy (non-hydrogen) atoms. The van der Waals surface area contributed by atoms with Gasteiger partial charge in [-0.2, -0.15) is 0 Å². The Hall–Kier alpha value is -1.12. The molecule has 1 aliphatic rings. The fraction of sp³-hybridized carbons (Fsp3) is 0.500.